The Hall–Kier alpha value is -1.37. The molecule has 0 aromatic carbocycles. The van der Waals surface area contributed by atoms with E-state index in [0.717, 1.165) is 18.7 Å². The molecule has 6 heteroatoms. The van der Waals surface area contributed by atoms with E-state index in [1.807, 2.05) is 0 Å². The van der Waals surface area contributed by atoms with Gasteiger partial charge in [0.1, 0.15) is 17.1 Å². The summed E-state index contributed by atoms with van der Waals surface area (Å²) in [5, 5.41) is 3.23. The molecule has 20 heavy (non-hydrogen) atoms. The molecule has 0 spiro atoms. The Balaban J connectivity index is 2.18. The Morgan fingerprint density at radius 1 is 1.30 bits per heavy atom. The largest absolute Gasteiger partial charge is 0.465 e. The van der Waals surface area contributed by atoms with Gasteiger partial charge < -0.3 is 23.9 Å². The predicted octanol–water partition coefficient (Wildman–Crippen LogP) is 1.52. The summed E-state index contributed by atoms with van der Waals surface area (Å²) in [5.74, 6) is 0.934. The molecule has 1 aromatic rings. The molecule has 0 saturated heterocycles. The van der Waals surface area contributed by atoms with Crippen LogP contribution in [-0.2, 0) is 20.8 Å². The number of hydrogen-bond acceptors (Lipinski definition) is 6. The topological polar surface area (TPSA) is 69.9 Å². The van der Waals surface area contributed by atoms with E-state index in [4.69, 9.17) is 13.9 Å². The van der Waals surface area contributed by atoms with E-state index in [1.54, 1.807) is 20.1 Å². The van der Waals surface area contributed by atoms with Crippen LogP contribution in [0.1, 0.15) is 28.3 Å². The molecule has 0 unspecified atom stereocenters. The third-order valence-corrected chi connectivity index (χ3v) is 2.75. The van der Waals surface area contributed by atoms with Gasteiger partial charge in [0, 0.05) is 13.7 Å². The van der Waals surface area contributed by atoms with Crippen molar-refractivity contribution < 1.29 is 23.4 Å². The van der Waals surface area contributed by atoms with E-state index < -0.39 is 0 Å². The number of ether oxygens (including phenoxy) is 3. The Kier molecular flexibility index (Phi) is 7.94. The zero-order chi connectivity index (χ0) is 14.8. The number of rotatable bonds is 10. The van der Waals surface area contributed by atoms with Crippen molar-refractivity contribution in [3.63, 3.8) is 0 Å². The van der Waals surface area contributed by atoms with Crippen LogP contribution in [0.5, 0.6) is 0 Å². The molecule has 0 atom stereocenters. The van der Waals surface area contributed by atoms with Gasteiger partial charge in [-0.2, -0.15) is 0 Å². The van der Waals surface area contributed by atoms with Gasteiger partial charge in [0.25, 0.3) is 0 Å². The van der Waals surface area contributed by atoms with Gasteiger partial charge in [-0.25, -0.2) is 4.79 Å². The quantitative estimate of drug-likeness (QED) is 0.519. The lowest BCUT2D eigenvalue weighted by Gasteiger charge is -2.04. The normalized spacial score (nSPS) is 10.8. The maximum absolute atomic E-state index is 11.4. The number of furan rings is 1. The first-order valence-corrected chi connectivity index (χ1v) is 6.64. The smallest absolute Gasteiger partial charge is 0.341 e. The van der Waals surface area contributed by atoms with Crippen molar-refractivity contribution in [2.75, 3.05) is 40.6 Å². The monoisotopic (exact) mass is 285 g/mol. The van der Waals surface area contributed by atoms with Gasteiger partial charge in [0.2, 0.25) is 0 Å². The molecule has 1 rings (SSSR count). The molecular formula is C14H23NO5. The van der Waals surface area contributed by atoms with Gasteiger partial charge in [0.05, 0.1) is 26.9 Å². The molecule has 0 aliphatic heterocycles. The second-order valence-corrected chi connectivity index (χ2v) is 4.31. The van der Waals surface area contributed by atoms with Crippen molar-refractivity contribution >= 4 is 5.97 Å². The van der Waals surface area contributed by atoms with Crippen molar-refractivity contribution in [2.45, 2.75) is 19.9 Å². The first kappa shape index (κ1) is 16.7. The number of esters is 1. The van der Waals surface area contributed by atoms with E-state index in [2.05, 4.69) is 10.1 Å². The number of methoxy groups -OCH3 is 2. The first-order valence-electron chi connectivity index (χ1n) is 6.64. The van der Waals surface area contributed by atoms with E-state index in [1.165, 1.54) is 7.11 Å². The summed E-state index contributed by atoms with van der Waals surface area (Å²) in [4.78, 5) is 11.4. The molecule has 1 heterocycles. The van der Waals surface area contributed by atoms with Gasteiger partial charge in [-0.05, 0) is 26.0 Å². The van der Waals surface area contributed by atoms with Gasteiger partial charge >= 0.3 is 5.97 Å². The van der Waals surface area contributed by atoms with Crippen LogP contribution in [0.15, 0.2) is 10.5 Å². The summed E-state index contributed by atoms with van der Waals surface area (Å²) < 4.78 is 20.4. The molecule has 0 aliphatic carbocycles. The summed E-state index contributed by atoms with van der Waals surface area (Å²) in [5.41, 5.74) is 0.479. The third-order valence-electron chi connectivity index (χ3n) is 2.75. The van der Waals surface area contributed by atoms with E-state index in [0.29, 0.717) is 37.7 Å². The maximum Gasteiger partial charge on any atom is 0.341 e. The van der Waals surface area contributed by atoms with Gasteiger partial charge in [-0.3, -0.25) is 0 Å². The molecule has 0 bridgehead atoms. The summed E-state index contributed by atoms with van der Waals surface area (Å²) in [6.45, 7) is 5.09. The fourth-order valence-corrected chi connectivity index (χ4v) is 1.70. The lowest BCUT2D eigenvalue weighted by atomic mass is 10.2. The lowest BCUT2D eigenvalue weighted by Crippen LogP contribution is -2.16. The highest BCUT2D eigenvalue weighted by molar-refractivity contribution is 5.90. The van der Waals surface area contributed by atoms with Crippen molar-refractivity contribution in [2.24, 2.45) is 0 Å². The van der Waals surface area contributed by atoms with Crippen LogP contribution in [0.4, 0.5) is 0 Å². The van der Waals surface area contributed by atoms with Crippen LogP contribution in [0.2, 0.25) is 0 Å². The number of carbonyl (C=O) groups excluding carboxylic acids is 1. The third kappa shape index (κ3) is 5.73. The van der Waals surface area contributed by atoms with Gasteiger partial charge in [0.15, 0.2) is 0 Å². The predicted molar refractivity (Wildman–Crippen MR) is 73.8 cm³/mol. The van der Waals surface area contributed by atoms with Crippen LogP contribution in [0, 0.1) is 6.92 Å². The summed E-state index contributed by atoms with van der Waals surface area (Å²) >= 11 is 0. The maximum atomic E-state index is 11.4. The van der Waals surface area contributed by atoms with Gasteiger partial charge in [-0.1, -0.05) is 0 Å². The summed E-state index contributed by atoms with van der Waals surface area (Å²) in [6.07, 6.45) is 0.910. The van der Waals surface area contributed by atoms with Crippen LogP contribution in [-0.4, -0.2) is 46.6 Å². The van der Waals surface area contributed by atoms with Crippen LogP contribution in [0.25, 0.3) is 0 Å². The fourth-order valence-electron chi connectivity index (χ4n) is 1.70. The Bertz CT molecular complexity index is 402. The molecule has 0 fully saturated rings. The molecule has 6 nitrogen and oxygen atoms in total. The second kappa shape index (κ2) is 9.52. The van der Waals surface area contributed by atoms with Crippen LogP contribution in [0.3, 0.4) is 0 Å². The van der Waals surface area contributed by atoms with E-state index in [-0.39, 0.29) is 5.97 Å². The molecule has 1 N–H and O–H groups in total. The summed E-state index contributed by atoms with van der Waals surface area (Å²) in [6, 6.07) is 1.71. The average molecular weight is 285 g/mol. The molecule has 114 valence electrons. The minimum absolute atomic E-state index is 0.371. The molecule has 0 amide bonds. The zero-order valence-corrected chi connectivity index (χ0v) is 12.4. The first-order chi connectivity index (χ1) is 9.69. The number of nitrogens with one attached hydrogen (secondary N) is 1. The highest BCUT2D eigenvalue weighted by Crippen LogP contribution is 2.15. The van der Waals surface area contributed by atoms with Crippen LogP contribution >= 0.6 is 0 Å². The number of aryl methyl sites for hydroxylation is 1. The Labute approximate surface area is 119 Å². The van der Waals surface area contributed by atoms with E-state index in [9.17, 15) is 4.79 Å². The average Bonchev–Trinajstić information content (AvgIpc) is 2.82. The molecule has 0 aliphatic rings. The zero-order valence-electron chi connectivity index (χ0n) is 12.4. The lowest BCUT2D eigenvalue weighted by molar-refractivity contribution is 0.0599. The standard InChI is InChI=1S/C14H23NO5/c1-11-13(14(16)18-3)9-12(20-11)10-15-5-4-6-19-8-7-17-2/h9,15H,4-8,10H2,1-3H3. The number of carbonyl (C=O) groups is 1. The highest BCUT2D eigenvalue weighted by atomic mass is 16.5. The Morgan fingerprint density at radius 2 is 2.10 bits per heavy atom. The highest BCUT2D eigenvalue weighted by Gasteiger charge is 2.14. The van der Waals surface area contributed by atoms with Crippen molar-refractivity contribution in [1.29, 1.82) is 0 Å². The molecule has 0 saturated carbocycles. The van der Waals surface area contributed by atoms with Gasteiger partial charge in [-0.15, -0.1) is 0 Å². The second-order valence-electron chi connectivity index (χ2n) is 4.31. The molecule has 1 aromatic heterocycles. The van der Waals surface area contributed by atoms with Crippen molar-refractivity contribution in [1.82, 2.24) is 5.32 Å². The number of hydrogen-bond donors (Lipinski definition) is 1. The van der Waals surface area contributed by atoms with Crippen molar-refractivity contribution in [3.8, 4) is 0 Å². The SMILES string of the molecule is COCCOCCCNCc1cc(C(=O)OC)c(C)o1. The molecular weight excluding hydrogens is 262 g/mol. The fraction of sp³-hybridized carbons (Fsp3) is 0.643. The Morgan fingerprint density at radius 3 is 2.80 bits per heavy atom. The molecule has 0 radical (unpaired) electrons. The minimum atomic E-state index is -0.371. The van der Waals surface area contributed by atoms with E-state index >= 15 is 0 Å². The van der Waals surface area contributed by atoms with Crippen LogP contribution < -0.4 is 5.32 Å². The minimum Gasteiger partial charge on any atom is -0.465 e. The van der Waals surface area contributed by atoms with Crippen molar-refractivity contribution in [3.05, 3.63) is 23.2 Å². The summed E-state index contributed by atoms with van der Waals surface area (Å²) in [7, 11) is 3.01.